The quantitative estimate of drug-likeness (QED) is 0.543. The molecule has 3 N–H and O–H groups in total. The molecule has 2 fully saturated rings. The lowest BCUT2D eigenvalue weighted by atomic mass is 9.73. The van der Waals surface area contributed by atoms with Gasteiger partial charge in [0.25, 0.3) is 0 Å². The smallest absolute Gasteiger partial charge is 0.223 e. The summed E-state index contributed by atoms with van der Waals surface area (Å²) in [5.74, 6) is -1.21. The van der Waals surface area contributed by atoms with Gasteiger partial charge in [0.05, 0.1) is 53.0 Å². The third-order valence-corrected chi connectivity index (χ3v) is 8.35. The van der Waals surface area contributed by atoms with Crippen molar-refractivity contribution in [2.75, 3.05) is 0 Å². The van der Waals surface area contributed by atoms with Crippen molar-refractivity contribution < 1.29 is 24.5 Å². The summed E-state index contributed by atoms with van der Waals surface area (Å²) in [7, 11) is 0. The number of Topliss-reactive ketones (excluding diaryl/α,β-unsaturated/α-hetero) is 1. The van der Waals surface area contributed by atoms with Crippen LogP contribution >= 0.6 is 11.3 Å². The Balaban J connectivity index is 1.81. The maximum Gasteiger partial charge on any atom is 0.223 e. The summed E-state index contributed by atoms with van der Waals surface area (Å²) in [5, 5.41) is 27.7. The van der Waals surface area contributed by atoms with Crippen molar-refractivity contribution in [1.29, 1.82) is 0 Å². The van der Waals surface area contributed by atoms with Crippen LogP contribution in [0.5, 0.6) is 0 Å². The normalized spacial score (nSPS) is 36.0. The van der Waals surface area contributed by atoms with E-state index >= 15 is 0 Å². The molecule has 0 saturated carbocycles. The standard InChI is InChI=1S/C26H40N2O5S/c1-14-8-7-9-20-21(33-20)11-19(15(2)10-18-13-34-17(4)27-18)28-23(30)12-22(29)26(5,6)25(32)16(3)24(14)31/h10,13-14,16,19-22,24,29,31H,7-9,11-12H2,1-6H3,(H,28,30)/b15-10+/t14-,16+,19-,20+,21+,22-,24-/m1/s1. The van der Waals surface area contributed by atoms with Crippen LogP contribution in [-0.2, 0) is 14.3 Å². The number of ether oxygens (including phenoxy) is 1. The van der Waals surface area contributed by atoms with Crippen molar-refractivity contribution in [3.8, 4) is 0 Å². The Bertz CT molecular complexity index is 911. The molecule has 0 aliphatic carbocycles. The summed E-state index contributed by atoms with van der Waals surface area (Å²) in [6, 6.07) is -0.247. The van der Waals surface area contributed by atoms with Crippen LogP contribution < -0.4 is 5.32 Å². The van der Waals surface area contributed by atoms with E-state index in [2.05, 4.69) is 10.3 Å². The van der Waals surface area contributed by atoms with Crippen molar-refractivity contribution in [1.82, 2.24) is 10.3 Å². The molecule has 3 rings (SSSR count). The molecule has 1 aromatic rings. The second kappa shape index (κ2) is 11.0. The van der Waals surface area contributed by atoms with E-state index in [9.17, 15) is 19.8 Å². The van der Waals surface area contributed by atoms with E-state index in [0.717, 1.165) is 35.5 Å². The van der Waals surface area contributed by atoms with E-state index in [1.165, 1.54) is 0 Å². The Hall–Kier alpha value is -1.61. The number of amides is 1. The number of rotatable bonds is 2. The van der Waals surface area contributed by atoms with Gasteiger partial charge in [-0.2, -0.15) is 0 Å². The molecule has 3 heterocycles. The highest BCUT2D eigenvalue weighted by Gasteiger charge is 2.44. The molecule has 2 aliphatic heterocycles. The zero-order valence-electron chi connectivity index (χ0n) is 21.2. The van der Waals surface area contributed by atoms with Gasteiger partial charge in [0, 0.05) is 17.7 Å². The Morgan fingerprint density at radius 1 is 1.24 bits per heavy atom. The third kappa shape index (κ3) is 6.53. The highest BCUT2D eigenvalue weighted by Crippen LogP contribution is 2.35. The molecule has 0 aromatic carbocycles. The van der Waals surface area contributed by atoms with E-state index in [0.29, 0.717) is 6.42 Å². The van der Waals surface area contributed by atoms with E-state index < -0.39 is 23.5 Å². The summed E-state index contributed by atoms with van der Waals surface area (Å²) in [4.78, 5) is 30.6. The molecule has 0 bridgehead atoms. The van der Waals surface area contributed by atoms with Crippen molar-refractivity contribution in [2.24, 2.45) is 17.3 Å². The zero-order valence-corrected chi connectivity index (χ0v) is 22.0. The monoisotopic (exact) mass is 492 g/mol. The first-order valence-electron chi connectivity index (χ1n) is 12.4. The largest absolute Gasteiger partial charge is 0.392 e. The number of carbonyl (C=O) groups excluding carboxylic acids is 2. The molecule has 0 spiro atoms. The van der Waals surface area contributed by atoms with Gasteiger partial charge >= 0.3 is 0 Å². The molecule has 1 aromatic heterocycles. The minimum Gasteiger partial charge on any atom is -0.392 e. The average molecular weight is 493 g/mol. The lowest BCUT2D eigenvalue weighted by molar-refractivity contribution is -0.143. The second-order valence-corrected chi connectivity index (χ2v) is 11.8. The van der Waals surface area contributed by atoms with Gasteiger partial charge in [0.1, 0.15) is 5.78 Å². The van der Waals surface area contributed by atoms with Gasteiger partial charge in [-0.3, -0.25) is 9.59 Å². The first-order valence-corrected chi connectivity index (χ1v) is 13.2. The minimum absolute atomic E-state index is 0.0419. The van der Waals surface area contributed by atoms with Crippen molar-refractivity contribution in [3.05, 3.63) is 21.7 Å². The Morgan fingerprint density at radius 2 is 1.94 bits per heavy atom. The van der Waals surface area contributed by atoms with Gasteiger partial charge in [0.15, 0.2) is 0 Å². The molecule has 1 amide bonds. The van der Waals surface area contributed by atoms with Gasteiger partial charge < -0.3 is 20.3 Å². The number of nitrogens with zero attached hydrogens (tertiary/aromatic N) is 1. The van der Waals surface area contributed by atoms with E-state index in [1.807, 2.05) is 32.2 Å². The predicted molar refractivity (Wildman–Crippen MR) is 133 cm³/mol. The highest BCUT2D eigenvalue weighted by molar-refractivity contribution is 7.09. The second-order valence-electron chi connectivity index (χ2n) is 10.7. The van der Waals surface area contributed by atoms with E-state index in [1.54, 1.807) is 32.1 Å². The number of aromatic nitrogens is 1. The third-order valence-electron chi connectivity index (χ3n) is 7.56. The van der Waals surface area contributed by atoms with Crippen molar-refractivity contribution in [2.45, 2.75) is 104 Å². The number of ketones is 1. The number of nitrogens with one attached hydrogen (secondary N) is 1. The number of thiazole rings is 1. The van der Waals surface area contributed by atoms with Gasteiger partial charge in [-0.25, -0.2) is 4.98 Å². The fraction of sp³-hybridized carbons (Fsp3) is 0.731. The Kier molecular flexibility index (Phi) is 8.71. The molecule has 7 atom stereocenters. The summed E-state index contributed by atoms with van der Waals surface area (Å²) in [6.45, 7) is 10.9. The number of aliphatic hydroxyl groups is 2. The van der Waals surface area contributed by atoms with Crippen LogP contribution in [0, 0.1) is 24.2 Å². The lowest BCUT2D eigenvalue weighted by Crippen LogP contribution is -2.47. The van der Waals surface area contributed by atoms with Crippen LogP contribution in [0.3, 0.4) is 0 Å². The van der Waals surface area contributed by atoms with Gasteiger partial charge in [-0.05, 0) is 44.3 Å². The maximum atomic E-state index is 13.2. The molecule has 7 nitrogen and oxygen atoms in total. The predicted octanol–water partition coefficient (Wildman–Crippen LogP) is 3.66. The van der Waals surface area contributed by atoms with Crippen LogP contribution in [0.4, 0.5) is 0 Å². The number of carbonyl (C=O) groups is 2. The minimum atomic E-state index is -1.16. The molecule has 2 aliphatic rings. The van der Waals surface area contributed by atoms with Crippen LogP contribution in [0.25, 0.3) is 6.08 Å². The summed E-state index contributed by atoms with van der Waals surface area (Å²) in [5.41, 5.74) is 0.685. The Morgan fingerprint density at radius 3 is 2.59 bits per heavy atom. The van der Waals surface area contributed by atoms with Gasteiger partial charge in [0.2, 0.25) is 5.91 Å². The number of fused-ring (bicyclic) bond motifs is 1. The average Bonchev–Trinajstić information content (AvgIpc) is 3.38. The number of hydrogen-bond acceptors (Lipinski definition) is 7. The van der Waals surface area contributed by atoms with Crippen molar-refractivity contribution >= 4 is 29.1 Å². The Labute approximate surface area is 207 Å². The number of aryl methyl sites for hydroxylation is 1. The molecule has 8 heteroatoms. The van der Waals surface area contributed by atoms with Gasteiger partial charge in [-0.1, -0.05) is 34.1 Å². The molecule has 0 unspecified atom stereocenters. The molecule has 2 saturated heterocycles. The summed E-state index contributed by atoms with van der Waals surface area (Å²) in [6.07, 6.45) is 3.31. The number of epoxide rings is 1. The van der Waals surface area contributed by atoms with Crippen molar-refractivity contribution in [3.63, 3.8) is 0 Å². The maximum absolute atomic E-state index is 13.2. The van der Waals surface area contributed by atoms with Gasteiger partial charge in [-0.15, -0.1) is 11.3 Å². The summed E-state index contributed by atoms with van der Waals surface area (Å²) >= 11 is 1.58. The van der Waals surface area contributed by atoms with Crippen LogP contribution in [0.1, 0.15) is 77.4 Å². The van der Waals surface area contributed by atoms with Crippen LogP contribution in [-0.4, -0.2) is 57.3 Å². The lowest BCUT2D eigenvalue weighted by Gasteiger charge is -2.34. The number of aliphatic hydroxyl groups excluding tert-OH is 2. The molecular weight excluding hydrogens is 452 g/mol. The first-order chi connectivity index (χ1) is 15.9. The van der Waals surface area contributed by atoms with Crippen LogP contribution in [0.15, 0.2) is 11.0 Å². The first kappa shape index (κ1) is 27.0. The van der Waals surface area contributed by atoms with E-state index in [-0.39, 0.29) is 42.3 Å². The zero-order chi connectivity index (χ0) is 25.2. The number of hydrogen-bond donors (Lipinski definition) is 3. The SMILES string of the molecule is C/C(=C\c1csc(C)n1)[C@H]1C[C@@H]2O[C@H]2CCC[C@@H](C)[C@@H](O)[C@H](C)C(=O)C(C)(C)[C@H](O)CC(=O)N1. The van der Waals surface area contributed by atoms with Crippen LogP contribution in [0.2, 0.25) is 0 Å². The van der Waals surface area contributed by atoms with E-state index in [4.69, 9.17) is 4.74 Å². The molecular formula is C26H40N2O5S. The topological polar surface area (TPSA) is 112 Å². The highest BCUT2D eigenvalue weighted by atomic mass is 32.1. The molecule has 34 heavy (non-hydrogen) atoms. The summed E-state index contributed by atoms with van der Waals surface area (Å²) < 4.78 is 5.91. The molecule has 190 valence electrons. The fourth-order valence-corrected chi connectivity index (χ4v) is 5.48. The molecule has 0 radical (unpaired) electrons. The fourth-order valence-electron chi connectivity index (χ4n) is 4.91.